The average Bonchev–Trinajstić information content (AvgIpc) is 2.47. The van der Waals surface area contributed by atoms with Gasteiger partial charge in [-0.25, -0.2) is 0 Å². The molecule has 0 radical (unpaired) electrons. The van der Waals surface area contributed by atoms with E-state index < -0.39 is 4.92 Å². The zero-order chi connectivity index (χ0) is 16.3. The number of aromatic hydroxyl groups is 1. The Morgan fingerprint density at radius 1 is 1.23 bits per heavy atom. The second-order valence-corrected chi connectivity index (χ2v) is 5.70. The van der Waals surface area contributed by atoms with Gasteiger partial charge in [-0.05, 0) is 44.2 Å². The van der Waals surface area contributed by atoms with Crippen LogP contribution < -0.4 is 4.90 Å². The molecular formula is C16H17ClN2O3. The molecule has 0 heterocycles. The van der Waals surface area contributed by atoms with E-state index in [1.807, 2.05) is 30.9 Å². The lowest BCUT2D eigenvalue weighted by molar-refractivity contribution is -0.384. The number of halogens is 1. The molecule has 0 aliphatic carbocycles. The van der Waals surface area contributed by atoms with E-state index in [-0.39, 0.29) is 17.5 Å². The lowest BCUT2D eigenvalue weighted by atomic mass is 10.1. The molecule has 0 bridgehead atoms. The van der Waals surface area contributed by atoms with E-state index in [1.165, 1.54) is 18.2 Å². The van der Waals surface area contributed by atoms with Gasteiger partial charge in [0.2, 0.25) is 0 Å². The van der Waals surface area contributed by atoms with Crippen LogP contribution in [0, 0.1) is 10.1 Å². The molecule has 0 saturated carbocycles. The van der Waals surface area contributed by atoms with Gasteiger partial charge < -0.3 is 10.0 Å². The second kappa shape index (κ2) is 6.66. The summed E-state index contributed by atoms with van der Waals surface area (Å²) in [5.41, 5.74) is 1.41. The Bertz CT molecular complexity index is 672. The van der Waals surface area contributed by atoms with Gasteiger partial charge in [-0.2, -0.15) is 0 Å². The number of nitrogens with zero attached hydrogens (tertiary/aromatic N) is 2. The van der Waals surface area contributed by atoms with Crippen molar-refractivity contribution < 1.29 is 10.0 Å². The van der Waals surface area contributed by atoms with E-state index in [0.29, 0.717) is 17.1 Å². The number of nitro benzene ring substituents is 1. The zero-order valence-electron chi connectivity index (χ0n) is 12.4. The van der Waals surface area contributed by atoms with Crippen LogP contribution in [-0.4, -0.2) is 16.1 Å². The van der Waals surface area contributed by atoms with E-state index in [1.54, 1.807) is 12.1 Å². The largest absolute Gasteiger partial charge is 0.508 e. The molecule has 0 atom stereocenters. The second-order valence-electron chi connectivity index (χ2n) is 5.27. The molecule has 0 aliphatic rings. The van der Waals surface area contributed by atoms with Gasteiger partial charge in [-0.15, -0.1) is 0 Å². The lowest BCUT2D eigenvalue weighted by Crippen LogP contribution is -2.30. The first kappa shape index (κ1) is 16.1. The van der Waals surface area contributed by atoms with Crippen LogP contribution in [0.1, 0.15) is 19.4 Å². The Morgan fingerprint density at radius 2 is 1.86 bits per heavy atom. The van der Waals surface area contributed by atoms with Crippen molar-refractivity contribution in [1.82, 2.24) is 0 Å². The van der Waals surface area contributed by atoms with Crippen LogP contribution in [0.3, 0.4) is 0 Å². The number of rotatable bonds is 5. The van der Waals surface area contributed by atoms with Gasteiger partial charge in [0.1, 0.15) is 5.75 Å². The SMILES string of the molecule is CC(C)N(Cc1cc([N+](=O)[O-])ccc1O)c1ccc(Cl)cc1. The third-order valence-electron chi connectivity index (χ3n) is 3.40. The number of hydrogen-bond acceptors (Lipinski definition) is 4. The Kier molecular flexibility index (Phi) is 4.88. The van der Waals surface area contributed by atoms with Crippen LogP contribution in [0.2, 0.25) is 5.02 Å². The predicted octanol–water partition coefficient (Wildman–Crippen LogP) is 4.37. The minimum atomic E-state index is -0.467. The van der Waals surface area contributed by atoms with Crippen LogP contribution in [0.25, 0.3) is 0 Å². The number of hydrogen-bond donors (Lipinski definition) is 1. The highest BCUT2D eigenvalue weighted by Crippen LogP contribution is 2.28. The number of non-ortho nitro benzene ring substituents is 1. The van der Waals surface area contributed by atoms with Crippen LogP contribution in [-0.2, 0) is 6.54 Å². The number of anilines is 1. The summed E-state index contributed by atoms with van der Waals surface area (Å²) in [5, 5.41) is 21.5. The van der Waals surface area contributed by atoms with Gasteiger partial charge in [-0.3, -0.25) is 10.1 Å². The first-order chi connectivity index (χ1) is 10.4. The molecule has 0 aromatic heterocycles. The van der Waals surface area contributed by atoms with Crippen LogP contribution in [0.15, 0.2) is 42.5 Å². The maximum absolute atomic E-state index is 10.9. The molecule has 1 N–H and O–H groups in total. The van der Waals surface area contributed by atoms with Crippen molar-refractivity contribution in [3.05, 3.63) is 63.2 Å². The van der Waals surface area contributed by atoms with Gasteiger partial charge in [0.15, 0.2) is 0 Å². The van der Waals surface area contributed by atoms with Crippen molar-refractivity contribution in [1.29, 1.82) is 0 Å². The molecule has 5 nitrogen and oxygen atoms in total. The van der Waals surface area contributed by atoms with E-state index >= 15 is 0 Å². The quantitative estimate of drug-likeness (QED) is 0.656. The van der Waals surface area contributed by atoms with Crippen molar-refractivity contribution in [2.45, 2.75) is 26.4 Å². The molecule has 0 fully saturated rings. The molecule has 6 heteroatoms. The van der Waals surface area contributed by atoms with E-state index in [9.17, 15) is 15.2 Å². The van der Waals surface area contributed by atoms with Crippen molar-refractivity contribution in [3.63, 3.8) is 0 Å². The highest BCUT2D eigenvalue weighted by atomic mass is 35.5. The number of phenols is 1. The topological polar surface area (TPSA) is 66.6 Å². The summed E-state index contributed by atoms with van der Waals surface area (Å²) in [7, 11) is 0. The molecule has 0 unspecified atom stereocenters. The summed E-state index contributed by atoms with van der Waals surface area (Å²) >= 11 is 5.90. The highest BCUT2D eigenvalue weighted by molar-refractivity contribution is 6.30. The summed E-state index contributed by atoms with van der Waals surface area (Å²) in [6.07, 6.45) is 0. The van der Waals surface area contributed by atoms with Gasteiger partial charge in [-0.1, -0.05) is 11.6 Å². The summed E-state index contributed by atoms with van der Waals surface area (Å²) in [6, 6.07) is 11.6. The smallest absolute Gasteiger partial charge is 0.270 e. The van der Waals surface area contributed by atoms with E-state index in [4.69, 9.17) is 11.6 Å². The summed E-state index contributed by atoms with van der Waals surface area (Å²) in [4.78, 5) is 12.5. The molecule has 22 heavy (non-hydrogen) atoms. The summed E-state index contributed by atoms with van der Waals surface area (Å²) < 4.78 is 0. The molecule has 0 aliphatic heterocycles. The third-order valence-corrected chi connectivity index (χ3v) is 3.65. The van der Waals surface area contributed by atoms with Crippen LogP contribution in [0.5, 0.6) is 5.75 Å². The molecule has 0 amide bonds. The van der Waals surface area contributed by atoms with Crippen molar-refractivity contribution in [2.24, 2.45) is 0 Å². The standard InChI is InChI=1S/C16H17ClN2O3/c1-11(2)18(14-5-3-13(17)4-6-14)10-12-9-15(19(21)22)7-8-16(12)20/h3-9,11,20H,10H2,1-2H3. The maximum atomic E-state index is 10.9. The molecule has 2 rings (SSSR count). The molecule has 2 aromatic carbocycles. The normalized spacial score (nSPS) is 10.7. The van der Waals surface area contributed by atoms with Crippen molar-refractivity contribution in [2.75, 3.05) is 4.90 Å². The van der Waals surface area contributed by atoms with Crippen molar-refractivity contribution in [3.8, 4) is 5.75 Å². The minimum Gasteiger partial charge on any atom is -0.508 e. The van der Waals surface area contributed by atoms with Gasteiger partial charge in [0.05, 0.1) is 4.92 Å². The fourth-order valence-corrected chi connectivity index (χ4v) is 2.33. The fraction of sp³-hybridized carbons (Fsp3) is 0.250. The Hall–Kier alpha value is -2.27. The first-order valence-electron chi connectivity index (χ1n) is 6.87. The third kappa shape index (κ3) is 3.68. The maximum Gasteiger partial charge on any atom is 0.270 e. The summed E-state index contributed by atoms with van der Waals surface area (Å²) in [5.74, 6) is 0.0465. The van der Waals surface area contributed by atoms with Crippen LogP contribution >= 0.6 is 11.6 Å². The van der Waals surface area contributed by atoms with Crippen LogP contribution in [0.4, 0.5) is 11.4 Å². The van der Waals surface area contributed by atoms with Crippen molar-refractivity contribution >= 4 is 23.0 Å². The molecule has 0 saturated heterocycles. The molecular weight excluding hydrogens is 304 g/mol. The van der Waals surface area contributed by atoms with E-state index in [0.717, 1.165) is 5.69 Å². The Morgan fingerprint density at radius 3 is 2.41 bits per heavy atom. The monoisotopic (exact) mass is 320 g/mol. The molecule has 116 valence electrons. The molecule has 2 aromatic rings. The average molecular weight is 321 g/mol. The number of nitro groups is 1. The van der Waals surface area contributed by atoms with Gasteiger partial charge in [0.25, 0.3) is 5.69 Å². The first-order valence-corrected chi connectivity index (χ1v) is 7.24. The highest BCUT2D eigenvalue weighted by Gasteiger charge is 2.16. The lowest BCUT2D eigenvalue weighted by Gasteiger charge is -2.29. The Labute approximate surface area is 133 Å². The number of phenolic OH excluding ortho intramolecular Hbond substituents is 1. The zero-order valence-corrected chi connectivity index (χ0v) is 13.1. The summed E-state index contributed by atoms with van der Waals surface area (Å²) in [6.45, 7) is 4.40. The van der Waals surface area contributed by atoms with Gasteiger partial charge >= 0.3 is 0 Å². The number of benzene rings is 2. The predicted molar refractivity (Wildman–Crippen MR) is 87.5 cm³/mol. The van der Waals surface area contributed by atoms with Gasteiger partial charge in [0, 0.05) is 41.0 Å². The minimum absolute atomic E-state index is 0.0346. The van der Waals surface area contributed by atoms with E-state index in [2.05, 4.69) is 0 Å². The Balaban J connectivity index is 2.34. The molecule has 0 spiro atoms. The fourth-order valence-electron chi connectivity index (χ4n) is 2.20.